The van der Waals surface area contributed by atoms with Crippen molar-refractivity contribution in [2.24, 2.45) is 5.73 Å². The van der Waals surface area contributed by atoms with E-state index in [1.54, 1.807) is 6.07 Å². The topological polar surface area (TPSA) is 26.0 Å². The van der Waals surface area contributed by atoms with E-state index in [4.69, 9.17) is 5.73 Å². The van der Waals surface area contributed by atoms with Crippen LogP contribution in [0.5, 0.6) is 0 Å². The molecule has 0 aromatic heterocycles. The lowest BCUT2D eigenvalue weighted by atomic mass is 9.94. The lowest BCUT2D eigenvalue weighted by Crippen LogP contribution is -2.15. The van der Waals surface area contributed by atoms with Crippen molar-refractivity contribution in [2.75, 3.05) is 0 Å². The van der Waals surface area contributed by atoms with Crippen LogP contribution in [0.2, 0.25) is 0 Å². The Kier molecular flexibility index (Phi) is 4.38. The predicted molar refractivity (Wildman–Crippen MR) is 80.6 cm³/mol. The van der Waals surface area contributed by atoms with Gasteiger partial charge in [0.2, 0.25) is 0 Å². The molecule has 0 saturated carbocycles. The summed E-state index contributed by atoms with van der Waals surface area (Å²) in [6.07, 6.45) is 0.686. The van der Waals surface area contributed by atoms with Crippen LogP contribution in [0, 0.1) is 19.7 Å². The van der Waals surface area contributed by atoms with E-state index < -0.39 is 0 Å². The van der Waals surface area contributed by atoms with E-state index in [2.05, 4.69) is 41.9 Å². The van der Waals surface area contributed by atoms with Gasteiger partial charge in [0.1, 0.15) is 5.82 Å². The van der Waals surface area contributed by atoms with Crippen LogP contribution in [0.3, 0.4) is 0 Å². The number of rotatable bonds is 3. The van der Waals surface area contributed by atoms with Crippen LogP contribution in [-0.2, 0) is 6.42 Å². The van der Waals surface area contributed by atoms with Crippen LogP contribution < -0.4 is 5.73 Å². The first-order chi connectivity index (χ1) is 8.99. The number of hydrogen-bond acceptors (Lipinski definition) is 1. The van der Waals surface area contributed by atoms with Gasteiger partial charge < -0.3 is 5.73 Å². The van der Waals surface area contributed by atoms with Gasteiger partial charge in [-0.1, -0.05) is 40.2 Å². The van der Waals surface area contributed by atoms with Gasteiger partial charge in [0, 0.05) is 10.5 Å². The summed E-state index contributed by atoms with van der Waals surface area (Å²) in [6.45, 7) is 4.17. The first-order valence-electron chi connectivity index (χ1n) is 6.24. The Morgan fingerprint density at radius 2 is 1.95 bits per heavy atom. The summed E-state index contributed by atoms with van der Waals surface area (Å²) in [4.78, 5) is 0. The molecular formula is C16H17BrFN. The highest BCUT2D eigenvalue weighted by molar-refractivity contribution is 9.10. The van der Waals surface area contributed by atoms with E-state index in [0.717, 1.165) is 15.6 Å². The van der Waals surface area contributed by atoms with Gasteiger partial charge in [-0.2, -0.15) is 0 Å². The molecule has 1 atom stereocenters. The van der Waals surface area contributed by atoms with Gasteiger partial charge >= 0.3 is 0 Å². The van der Waals surface area contributed by atoms with Crippen molar-refractivity contribution < 1.29 is 4.39 Å². The van der Waals surface area contributed by atoms with Crippen molar-refractivity contribution in [1.29, 1.82) is 0 Å². The minimum Gasteiger partial charge on any atom is -0.324 e. The molecular weight excluding hydrogens is 305 g/mol. The number of hydrogen-bond donors (Lipinski definition) is 1. The molecule has 1 nitrogen and oxygen atoms in total. The van der Waals surface area contributed by atoms with Crippen molar-refractivity contribution in [3.63, 3.8) is 0 Å². The lowest BCUT2D eigenvalue weighted by Gasteiger charge is -2.17. The predicted octanol–water partition coefficient (Wildman–Crippen LogP) is 4.45. The highest BCUT2D eigenvalue weighted by Crippen LogP contribution is 2.26. The molecule has 0 radical (unpaired) electrons. The fraction of sp³-hybridized carbons (Fsp3) is 0.250. The van der Waals surface area contributed by atoms with Gasteiger partial charge in [-0.3, -0.25) is 0 Å². The number of halogens is 2. The quantitative estimate of drug-likeness (QED) is 0.888. The molecule has 0 bridgehead atoms. The number of benzene rings is 2. The SMILES string of the molecule is Cc1cccc(C(N)Cc2ccc(F)cc2Br)c1C. The van der Waals surface area contributed by atoms with Gasteiger partial charge in [0.05, 0.1) is 0 Å². The first kappa shape index (κ1) is 14.2. The van der Waals surface area contributed by atoms with Crippen molar-refractivity contribution >= 4 is 15.9 Å². The van der Waals surface area contributed by atoms with E-state index >= 15 is 0 Å². The Hall–Kier alpha value is -1.19. The van der Waals surface area contributed by atoms with E-state index in [9.17, 15) is 4.39 Å². The standard InChI is InChI=1S/C16H17BrFN/c1-10-4-3-5-14(11(10)2)16(19)8-12-6-7-13(18)9-15(12)17/h3-7,9,16H,8,19H2,1-2H3. The summed E-state index contributed by atoms with van der Waals surface area (Å²) >= 11 is 3.39. The number of nitrogens with two attached hydrogens (primary N) is 1. The summed E-state index contributed by atoms with van der Waals surface area (Å²) in [6, 6.07) is 10.8. The third kappa shape index (κ3) is 3.23. The third-order valence-electron chi connectivity index (χ3n) is 3.50. The second-order valence-electron chi connectivity index (χ2n) is 4.84. The van der Waals surface area contributed by atoms with Crippen molar-refractivity contribution in [2.45, 2.75) is 26.3 Å². The normalized spacial score (nSPS) is 12.5. The molecule has 1 unspecified atom stereocenters. The Bertz CT molecular complexity index is 595. The zero-order valence-corrected chi connectivity index (χ0v) is 12.7. The van der Waals surface area contributed by atoms with Crippen molar-refractivity contribution in [1.82, 2.24) is 0 Å². The summed E-state index contributed by atoms with van der Waals surface area (Å²) in [5.74, 6) is -0.240. The van der Waals surface area contributed by atoms with E-state index in [-0.39, 0.29) is 11.9 Å². The molecule has 0 fully saturated rings. The molecule has 2 N–H and O–H groups in total. The molecule has 19 heavy (non-hydrogen) atoms. The van der Waals surface area contributed by atoms with Gasteiger partial charge in [0.25, 0.3) is 0 Å². The average molecular weight is 322 g/mol. The van der Waals surface area contributed by atoms with E-state index in [1.807, 2.05) is 6.07 Å². The minimum atomic E-state index is -0.240. The molecule has 0 aliphatic heterocycles. The second kappa shape index (κ2) is 5.85. The maximum atomic E-state index is 13.1. The Labute approximate surface area is 121 Å². The Morgan fingerprint density at radius 1 is 1.21 bits per heavy atom. The largest absolute Gasteiger partial charge is 0.324 e. The van der Waals surface area contributed by atoms with E-state index in [0.29, 0.717) is 6.42 Å². The highest BCUT2D eigenvalue weighted by atomic mass is 79.9. The van der Waals surface area contributed by atoms with Crippen LogP contribution in [0.25, 0.3) is 0 Å². The fourth-order valence-electron chi connectivity index (χ4n) is 2.21. The van der Waals surface area contributed by atoms with Gasteiger partial charge in [-0.05, 0) is 54.7 Å². The summed E-state index contributed by atoms with van der Waals surface area (Å²) in [7, 11) is 0. The summed E-state index contributed by atoms with van der Waals surface area (Å²) in [5, 5.41) is 0. The molecule has 0 saturated heterocycles. The monoisotopic (exact) mass is 321 g/mol. The third-order valence-corrected chi connectivity index (χ3v) is 4.24. The molecule has 3 heteroatoms. The highest BCUT2D eigenvalue weighted by Gasteiger charge is 2.12. The molecule has 0 heterocycles. The molecule has 2 rings (SSSR count). The summed E-state index contributed by atoms with van der Waals surface area (Å²) in [5.41, 5.74) is 10.9. The van der Waals surface area contributed by atoms with Crippen LogP contribution in [0.4, 0.5) is 4.39 Å². The molecule has 0 aliphatic carbocycles. The second-order valence-corrected chi connectivity index (χ2v) is 5.69. The van der Waals surface area contributed by atoms with E-state index in [1.165, 1.54) is 23.3 Å². The fourth-order valence-corrected chi connectivity index (χ4v) is 2.72. The van der Waals surface area contributed by atoms with Gasteiger partial charge in [-0.15, -0.1) is 0 Å². The zero-order valence-electron chi connectivity index (χ0n) is 11.1. The maximum Gasteiger partial charge on any atom is 0.124 e. The molecule has 100 valence electrons. The smallest absolute Gasteiger partial charge is 0.124 e. The molecule has 0 spiro atoms. The molecule has 2 aromatic carbocycles. The van der Waals surface area contributed by atoms with Gasteiger partial charge in [-0.25, -0.2) is 4.39 Å². The van der Waals surface area contributed by atoms with Gasteiger partial charge in [0.15, 0.2) is 0 Å². The number of aryl methyl sites for hydroxylation is 1. The zero-order chi connectivity index (χ0) is 14.0. The lowest BCUT2D eigenvalue weighted by molar-refractivity contribution is 0.624. The first-order valence-corrected chi connectivity index (χ1v) is 7.04. The van der Waals surface area contributed by atoms with Crippen LogP contribution >= 0.6 is 15.9 Å². The Balaban J connectivity index is 2.25. The van der Waals surface area contributed by atoms with Crippen molar-refractivity contribution in [3.8, 4) is 0 Å². The molecule has 0 amide bonds. The van der Waals surface area contributed by atoms with Crippen molar-refractivity contribution in [3.05, 3.63) is 68.9 Å². The minimum absolute atomic E-state index is 0.0818. The summed E-state index contributed by atoms with van der Waals surface area (Å²) < 4.78 is 13.8. The Morgan fingerprint density at radius 3 is 2.63 bits per heavy atom. The van der Waals surface area contributed by atoms with Crippen LogP contribution in [0.1, 0.15) is 28.3 Å². The molecule has 0 aliphatic rings. The van der Waals surface area contributed by atoms with Crippen LogP contribution in [-0.4, -0.2) is 0 Å². The molecule has 2 aromatic rings. The maximum absolute atomic E-state index is 13.1. The van der Waals surface area contributed by atoms with Crippen LogP contribution in [0.15, 0.2) is 40.9 Å². The average Bonchev–Trinajstić information content (AvgIpc) is 2.36.